The van der Waals surface area contributed by atoms with Gasteiger partial charge in [0.15, 0.2) is 5.78 Å². The fraction of sp³-hybridized carbons (Fsp3) is 0.417. The van der Waals surface area contributed by atoms with Gasteiger partial charge in [-0.3, -0.25) is 4.79 Å². The van der Waals surface area contributed by atoms with Crippen LogP contribution >= 0.6 is 0 Å². The maximum atomic E-state index is 11.9. The van der Waals surface area contributed by atoms with Crippen molar-refractivity contribution in [2.24, 2.45) is 0 Å². The van der Waals surface area contributed by atoms with E-state index in [1.54, 1.807) is 6.92 Å². The molecule has 1 aromatic carbocycles. The van der Waals surface area contributed by atoms with Crippen LogP contribution in [0.2, 0.25) is 0 Å². The predicted molar refractivity (Wildman–Crippen MR) is 58.3 cm³/mol. The predicted octanol–water partition coefficient (Wildman–Crippen LogP) is 2.73. The maximum absolute atomic E-state index is 11.9. The second-order valence-electron chi connectivity index (χ2n) is 3.54. The SMILES string of the molecule is CCOCC(=O)Cc1ccc(OC(F)(F)F)cc1. The van der Waals surface area contributed by atoms with Gasteiger partial charge in [0.05, 0.1) is 0 Å². The van der Waals surface area contributed by atoms with E-state index in [1.807, 2.05) is 0 Å². The van der Waals surface area contributed by atoms with Gasteiger partial charge in [-0.05, 0) is 24.6 Å². The molecule has 0 heterocycles. The van der Waals surface area contributed by atoms with Crippen LogP contribution in [0.1, 0.15) is 12.5 Å². The molecule has 0 spiro atoms. The molecule has 3 nitrogen and oxygen atoms in total. The molecule has 0 N–H and O–H groups in total. The second-order valence-corrected chi connectivity index (χ2v) is 3.54. The van der Waals surface area contributed by atoms with Gasteiger partial charge in [0.1, 0.15) is 12.4 Å². The molecule has 100 valence electrons. The van der Waals surface area contributed by atoms with Crippen LogP contribution in [0.4, 0.5) is 13.2 Å². The second kappa shape index (κ2) is 6.39. The van der Waals surface area contributed by atoms with Gasteiger partial charge < -0.3 is 9.47 Å². The minimum atomic E-state index is -4.70. The number of halogens is 3. The summed E-state index contributed by atoms with van der Waals surface area (Å²) in [5.74, 6) is -0.426. The summed E-state index contributed by atoms with van der Waals surface area (Å²) in [6, 6.07) is 5.20. The Balaban J connectivity index is 2.52. The molecule has 0 aliphatic rings. The summed E-state index contributed by atoms with van der Waals surface area (Å²) >= 11 is 0. The lowest BCUT2D eigenvalue weighted by atomic mass is 10.1. The molecular weight excluding hydrogens is 249 g/mol. The highest BCUT2D eigenvalue weighted by molar-refractivity contribution is 5.82. The van der Waals surface area contributed by atoms with Crippen LogP contribution in [0.5, 0.6) is 5.75 Å². The van der Waals surface area contributed by atoms with Crippen molar-refractivity contribution < 1.29 is 27.4 Å². The molecule has 6 heteroatoms. The van der Waals surface area contributed by atoms with Crippen LogP contribution < -0.4 is 4.74 Å². The van der Waals surface area contributed by atoms with Crippen molar-refractivity contribution >= 4 is 5.78 Å². The van der Waals surface area contributed by atoms with Crippen molar-refractivity contribution in [3.05, 3.63) is 29.8 Å². The zero-order valence-electron chi connectivity index (χ0n) is 9.79. The van der Waals surface area contributed by atoms with Gasteiger partial charge in [-0.2, -0.15) is 0 Å². The van der Waals surface area contributed by atoms with Gasteiger partial charge in [0, 0.05) is 13.0 Å². The summed E-state index contributed by atoms with van der Waals surface area (Å²) in [5.41, 5.74) is 0.620. The molecule has 0 bridgehead atoms. The quantitative estimate of drug-likeness (QED) is 0.790. The fourth-order valence-electron chi connectivity index (χ4n) is 1.30. The van der Waals surface area contributed by atoms with Gasteiger partial charge in [-0.25, -0.2) is 0 Å². The van der Waals surface area contributed by atoms with Crippen molar-refractivity contribution in [2.45, 2.75) is 19.7 Å². The van der Waals surface area contributed by atoms with E-state index in [1.165, 1.54) is 24.3 Å². The smallest absolute Gasteiger partial charge is 0.406 e. The summed E-state index contributed by atoms with van der Waals surface area (Å²) in [7, 11) is 0. The molecule has 0 aliphatic heterocycles. The van der Waals surface area contributed by atoms with E-state index in [4.69, 9.17) is 4.74 Å². The fourth-order valence-corrected chi connectivity index (χ4v) is 1.30. The van der Waals surface area contributed by atoms with Crippen molar-refractivity contribution in [2.75, 3.05) is 13.2 Å². The summed E-state index contributed by atoms with van der Waals surface area (Å²) < 4.78 is 44.3. The molecule has 1 rings (SSSR count). The number of alkyl halides is 3. The minimum absolute atomic E-state index is 0.0112. The molecule has 1 aromatic rings. The summed E-state index contributed by atoms with van der Waals surface area (Å²) in [6.45, 7) is 2.23. The first-order valence-corrected chi connectivity index (χ1v) is 5.35. The summed E-state index contributed by atoms with van der Waals surface area (Å²) in [5, 5.41) is 0. The lowest BCUT2D eigenvalue weighted by Gasteiger charge is -2.09. The van der Waals surface area contributed by atoms with Crippen LogP contribution in [0, 0.1) is 0 Å². The van der Waals surface area contributed by atoms with Crippen molar-refractivity contribution in [1.82, 2.24) is 0 Å². The van der Waals surface area contributed by atoms with Crippen LogP contribution in [0.15, 0.2) is 24.3 Å². The first-order valence-electron chi connectivity index (χ1n) is 5.35. The topological polar surface area (TPSA) is 35.5 Å². The third-order valence-corrected chi connectivity index (χ3v) is 2.03. The molecule has 18 heavy (non-hydrogen) atoms. The van der Waals surface area contributed by atoms with E-state index >= 15 is 0 Å². The number of rotatable bonds is 6. The Morgan fingerprint density at radius 2 is 1.83 bits per heavy atom. The number of benzene rings is 1. The zero-order chi connectivity index (χ0) is 13.6. The van der Waals surface area contributed by atoms with Crippen LogP contribution in [-0.2, 0) is 16.0 Å². The van der Waals surface area contributed by atoms with Crippen molar-refractivity contribution in [1.29, 1.82) is 0 Å². The Morgan fingerprint density at radius 1 is 1.22 bits per heavy atom. The third kappa shape index (κ3) is 5.67. The molecule has 0 radical (unpaired) electrons. The number of Topliss-reactive ketones (excluding diaryl/α,β-unsaturated/α-hetero) is 1. The Morgan fingerprint density at radius 3 is 2.33 bits per heavy atom. The average molecular weight is 262 g/mol. The van der Waals surface area contributed by atoms with Gasteiger partial charge in [0.25, 0.3) is 0 Å². The van der Waals surface area contributed by atoms with Crippen LogP contribution in [0.3, 0.4) is 0 Å². The normalized spacial score (nSPS) is 11.3. The Kier molecular flexibility index (Phi) is 5.15. The third-order valence-electron chi connectivity index (χ3n) is 2.03. The van der Waals surface area contributed by atoms with E-state index in [0.717, 1.165) is 0 Å². The van der Waals surface area contributed by atoms with Crippen LogP contribution in [-0.4, -0.2) is 25.4 Å². The molecule has 0 amide bonds. The van der Waals surface area contributed by atoms with E-state index in [0.29, 0.717) is 12.2 Å². The van der Waals surface area contributed by atoms with Crippen molar-refractivity contribution in [3.63, 3.8) is 0 Å². The highest BCUT2D eigenvalue weighted by Gasteiger charge is 2.30. The largest absolute Gasteiger partial charge is 0.573 e. The highest BCUT2D eigenvalue weighted by atomic mass is 19.4. The number of carbonyl (C=O) groups is 1. The molecule has 0 unspecified atom stereocenters. The first kappa shape index (κ1) is 14.5. The lowest BCUT2D eigenvalue weighted by molar-refractivity contribution is -0.274. The standard InChI is InChI=1S/C12H13F3O3/c1-2-17-8-10(16)7-9-3-5-11(6-4-9)18-12(13,14)15/h3-6H,2,7-8H2,1H3. The Labute approximate surface area is 103 Å². The first-order chi connectivity index (χ1) is 8.40. The summed E-state index contributed by atoms with van der Waals surface area (Å²) in [6.07, 6.45) is -4.57. The lowest BCUT2D eigenvalue weighted by Crippen LogP contribution is -2.17. The average Bonchev–Trinajstić information content (AvgIpc) is 2.27. The number of ketones is 1. The zero-order valence-corrected chi connectivity index (χ0v) is 9.79. The van der Waals surface area contributed by atoms with Crippen molar-refractivity contribution in [3.8, 4) is 5.75 Å². The molecule has 0 saturated carbocycles. The minimum Gasteiger partial charge on any atom is -0.406 e. The van der Waals surface area contributed by atoms with Gasteiger partial charge in [-0.1, -0.05) is 12.1 Å². The number of hydrogen-bond donors (Lipinski definition) is 0. The number of carbonyl (C=O) groups excluding carboxylic acids is 1. The van der Waals surface area contributed by atoms with E-state index in [9.17, 15) is 18.0 Å². The molecule has 0 fully saturated rings. The Bertz CT molecular complexity index is 385. The van der Waals surface area contributed by atoms with E-state index in [2.05, 4.69) is 4.74 Å². The number of ether oxygens (including phenoxy) is 2. The highest BCUT2D eigenvalue weighted by Crippen LogP contribution is 2.22. The molecule has 0 atom stereocenters. The van der Waals surface area contributed by atoms with E-state index < -0.39 is 6.36 Å². The molecule has 0 aromatic heterocycles. The molecule has 0 saturated heterocycles. The molecule has 0 aliphatic carbocycles. The van der Waals surface area contributed by atoms with Crippen LogP contribution in [0.25, 0.3) is 0 Å². The summed E-state index contributed by atoms with van der Waals surface area (Å²) in [4.78, 5) is 11.3. The Hall–Kier alpha value is -1.56. The van der Waals surface area contributed by atoms with Gasteiger partial charge in [-0.15, -0.1) is 13.2 Å². The number of hydrogen-bond acceptors (Lipinski definition) is 3. The van der Waals surface area contributed by atoms with E-state index in [-0.39, 0.29) is 24.6 Å². The monoisotopic (exact) mass is 262 g/mol. The maximum Gasteiger partial charge on any atom is 0.573 e. The van der Waals surface area contributed by atoms with Gasteiger partial charge in [0.2, 0.25) is 0 Å². The molecular formula is C12H13F3O3. The van der Waals surface area contributed by atoms with Gasteiger partial charge >= 0.3 is 6.36 Å².